The average Bonchev–Trinajstić information content (AvgIpc) is 2.03. The third kappa shape index (κ3) is 5.56. The first-order valence-electron chi connectivity index (χ1n) is 3.97. The fraction of sp³-hybridized carbons (Fsp3) is 0.857. The minimum absolute atomic E-state index is 0.0180. The number of hydrogen-bond acceptors (Lipinski definition) is 2. The first-order valence-corrected chi connectivity index (χ1v) is 3.97. The molecule has 0 heterocycles. The summed E-state index contributed by atoms with van der Waals surface area (Å²) in [6.07, 6.45) is 0.697. The highest BCUT2D eigenvalue weighted by Gasteiger charge is 2.03. The van der Waals surface area contributed by atoms with Crippen LogP contribution in [0.25, 0.3) is 10.4 Å². The Kier molecular flexibility index (Phi) is 5.83. The number of hydrogen-bond donors (Lipinski definition) is 1. The van der Waals surface area contributed by atoms with Crippen LogP contribution in [0.3, 0.4) is 0 Å². The number of nitrogens with one attached hydrogen (secondary N) is 1. The Hall–Kier alpha value is -1.22. The van der Waals surface area contributed by atoms with Crippen molar-refractivity contribution in [1.82, 2.24) is 5.32 Å². The second-order valence-corrected chi connectivity index (χ2v) is 2.75. The van der Waals surface area contributed by atoms with E-state index in [4.69, 9.17) is 5.53 Å². The highest BCUT2D eigenvalue weighted by Crippen LogP contribution is 1.90. The molecule has 0 atom stereocenters. The van der Waals surface area contributed by atoms with E-state index in [9.17, 15) is 4.79 Å². The van der Waals surface area contributed by atoms with Gasteiger partial charge < -0.3 is 5.32 Å². The Labute approximate surface area is 71.8 Å². The Morgan fingerprint density at radius 3 is 2.83 bits per heavy atom. The molecule has 0 radical (unpaired) electrons. The van der Waals surface area contributed by atoms with Crippen LogP contribution >= 0.6 is 0 Å². The average molecular weight is 170 g/mol. The minimum Gasteiger partial charge on any atom is -0.356 e. The van der Waals surface area contributed by atoms with E-state index in [1.165, 1.54) is 0 Å². The molecular weight excluding hydrogens is 156 g/mol. The van der Waals surface area contributed by atoms with Gasteiger partial charge in [0.05, 0.1) is 0 Å². The fourth-order valence-electron chi connectivity index (χ4n) is 0.610. The van der Waals surface area contributed by atoms with Crippen molar-refractivity contribution in [2.24, 2.45) is 11.0 Å². The normalized spacial score (nSPS) is 9.25. The molecule has 0 bridgehead atoms. The Morgan fingerprint density at radius 2 is 2.33 bits per heavy atom. The van der Waals surface area contributed by atoms with Crippen LogP contribution in [0.5, 0.6) is 0 Å². The maximum Gasteiger partial charge on any atom is 0.222 e. The largest absolute Gasteiger partial charge is 0.356 e. The molecule has 0 saturated heterocycles. The Bertz CT molecular complexity index is 184. The minimum atomic E-state index is 0.0180. The fourth-order valence-corrected chi connectivity index (χ4v) is 0.610. The summed E-state index contributed by atoms with van der Waals surface area (Å²) in [6.45, 7) is 4.69. The number of azide groups is 1. The third-order valence-electron chi connectivity index (χ3n) is 1.32. The van der Waals surface area contributed by atoms with E-state index < -0.39 is 0 Å². The highest BCUT2D eigenvalue weighted by atomic mass is 16.1. The molecule has 0 aliphatic carbocycles. The van der Waals surface area contributed by atoms with Crippen molar-refractivity contribution in [3.8, 4) is 0 Å². The summed E-state index contributed by atoms with van der Waals surface area (Å²) in [4.78, 5) is 13.6. The molecule has 0 spiro atoms. The smallest absolute Gasteiger partial charge is 0.222 e. The van der Waals surface area contributed by atoms with Crippen LogP contribution in [0.15, 0.2) is 5.11 Å². The maximum atomic E-state index is 11.0. The summed E-state index contributed by atoms with van der Waals surface area (Å²) in [6, 6.07) is 0. The first kappa shape index (κ1) is 10.8. The number of amides is 1. The molecule has 1 amide bonds. The van der Waals surface area contributed by atoms with Gasteiger partial charge in [-0.25, -0.2) is 0 Å². The predicted molar refractivity (Wildman–Crippen MR) is 46.5 cm³/mol. The second-order valence-electron chi connectivity index (χ2n) is 2.75. The van der Waals surface area contributed by atoms with Gasteiger partial charge in [-0.2, -0.15) is 0 Å². The molecule has 0 aliphatic rings. The van der Waals surface area contributed by atoms with Gasteiger partial charge in [0.1, 0.15) is 0 Å². The third-order valence-corrected chi connectivity index (χ3v) is 1.32. The van der Waals surface area contributed by atoms with Crippen LogP contribution in [-0.2, 0) is 4.79 Å². The zero-order valence-corrected chi connectivity index (χ0v) is 7.45. The predicted octanol–water partition coefficient (Wildman–Crippen LogP) is 1.46. The van der Waals surface area contributed by atoms with Gasteiger partial charge in [0.15, 0.2) is 0 Å². The van der Waals surface area contributed by atoms with Crippen molar-refractivity contribution in [3.05, 3.63) is 10.4 Å². The lowest BCUT2D eigenvalue weighted by Gasteiger charge is -2.05. The molecule has 0 aromatic heterocycles. The molecule has 5 nitrogen and oxygen atoms in total. The van der Waals surface area contributed by atoms with Gasteiger partial charge in [0.25, 0.3) is 0 Å². The molecule has 0 aromatic carbocycles. The van der Waals surface area contributed by atoms with Gasteiger partial charge in [-0.05, 0) is 12.0 Å². The van der Waals surface area contributed by atoms with Crippen LogP contribution in [-0.4, -0.2) is 19.0 Å². The second kappa shape index (κ2) is 6.49. The van der Waals surface area contributed by atoms with E-state index >= 15 is 0 Å². The Balaban J connectivity index is 3.31. The molecular formula is C7H14N4O. The van der Waals surface area contributed by atoms with Gasteiger partial charge >= 0.3 is 0 Å². The summed E-state index contributed by atoms with van der Waals surface area (Å²) in [5.74, 6) is 0.0559. The van der Waals surface area contributed by atoms with Crippen molar-refractivity contribution in [2.75, 3.05) is 13.1 Å². The lowest BCUT2D eigenvalue weighted by molar-refractivity contribution is -0.123. The van der Waals surface area contributed by atoms with E-state index in [0.29, 0.717) is 19.5 Å². The first-order chi connectivity index (χ1) is 5.68. The topological polar surface area (TPSA) is 77.9 Å². The highest BCUT2D eigenvalue weighted by molar-refractivity contribution is 5.77. The number of rotatable bonds is 5. The summed E-state index contributed by atoms with van der Waals surface area (Å²) in [7, 11) is 0. The lowest BCUT2D eigenvalue weighted by atomic mass is 10.2. The van der Waals surface area contributed by atoms with Crippen molar-refractivity contribution in [1.29, 1.82) is 0 Å². The molecule has 0 fully saturated rings. The van der Waals surface area contributed by atoms with Crippen LogP contribution < -0.4 is 5.32 Å². The zero-order valence-electron chi connectivity index (χ0n) is 7.45. The number of carbonyl (C=O) groups is 1. The van der Waals surface area contributed by atoms with E-state index in [1.54, 1.807) is 0 Å². The van der Waals surface area contributed by atoms with Crippen LogP contribution in [0.2, 0.25) is 0 Å². The molecule has 0 aliphatic heterocycles. The molecule has 0 rings (SSSR count). The van der Waals surface area contributed by atoms with Crippen LogP contribution in [0, 0.1) is 5.92 Å². The van der Waals surface area contributed by atoms with E-state index in [2.05, 4.69) is 15.3 Å². The summed E-state index contributed by atoms with van der Waals surface area (Å²) >= 11 is 0. The van der Waals surface area contributed by atoms with Crippen molar-refractivity contribution >= 4 is 5.91 Å². The van der Waals surface area contributed by atoms with E-state index in [1.807, 2.05) is 13.8 Å². The summed E-state index contributed by atoms with van der Waals surface area (Å²) < 4.78 is 0. The van der Waals surface area contributed by atoms with Gasteiger partial charge in [-0.1, -0.05) is 19.0 Å². The quantitative estimate of drug-likeness (QED) is 0.288. The summed E-state index contributed by atoms with van der Waals surface area (Å²) in [5.41, 5.74) is 7.93. The van der Waals surface area contributed by atoms with E-state index in [0.717, 1.165) is 0 Å². The number of carbonyl (C=O) groups excluding carboxylic acids is 1. The van der Waals surface area contributed by atoms with E-state index in [-0.39, 0.29) is 11.8 Å². The Morgan fingerprint density at radius 1 is 1.67 bits per heavy atom. The lowest BCUT2D eigenvalue weighted by Crippen LogP contribution is -2.28. The number of nitrogens with zero attached hydrogens (tertiary/aromatic N) is 3. The monoisotopic (exact) mass is 170 g/mol. The zero-order chi connectivity index (χ0) is 9.40. The van der Waals surface area contributed by atoms with Crippen molar-refractivity contribution in [2.45, 2.75) is 20.3 Å². The molecule has 5 heteroatoms. The maximum absolute atomic E-state index is 11.0. The van der Waals surface area contributed by atoms with Crippen molar-refractivity contribution < 1.29 is 4.79 Å². The molecule has 0 unspecified atom stereocenters. The van der Waals surface area contributed by atoms with Crippen molar-refractivity contribution in [3.63, 3.8) is 0 Å². The molecule has 68 valence electrons. The molecule has 0 aromatic rings. The van der Waals surface area contributed by atoms with Gasteiger partial charge in [0, 0.05) is 23.9 Å². The van der Waals surface area contributed by atoms with Gasteiger partial charge in [0.2, 0.25) is 5.91 Å². The van der Waals surface area contributed by atoms with Crippen LogP contribution in [0.4, 0.5) is 0 Å². The standard InChI is InChI=1S/C7H14N4O/c1-6(2)7(12)9-4-3-5-10-11-8/h6H,3-5H2,1-2H3,(H,9,12). The molecule has 12 heavy (non-hydrogen) atoms. The van der Waals surface area contributed by atoms with Crippen LogP contribution in [0.1, 0.15) is 20.3 Å². The molecule has 1 N–H and O–H groups in total. The summed E-state index contributed by atoms with van der Waals surface area (Å²) in [5, 5.41) is 6.06. The molecule has 0 saturated carbocycles. The SMILES string of the molecule is CC(C)C(=O)NCCCN=[N+]=[N-]. The van der Waals surface area contributed by atoms with Gasteiger partial charge in [-0.3, -0.25) is 4.79 Å². The van der Waals surface area contributed by atoms with Gasteiger partial charge in [-0.15, -0.1) is 0 Å².